The van der Waals surface area contributed by atoms with Crippen LogP contribution in [-0.2, 0) is 4.74 Å². The topological polar surface area (TPSA) is 24.5 Å². The second kappa shape index (κ2) is 7.19. The third-order valence-corrected chi connectivity index (χ3v) is 6.63. The molecule has 126 valence electrons. The van der Waals surface area contributed by atoms with Gasteiger partial charge in [-0.05, 0) is 57.0 Å². The molecule has 4 fully saturated rings. The van der Waals surface area contributed by atoms with Crippen molar-refractivity contribution in [2.45, 2.75) is 76.5 Å². The number of ether oxygens (including phenoxy) is 1. The van der Waals surface area contributed by atoms with E-state index >= 15 is 0 Å². The number of piperidine rings is 1. The highest BCUT2D eigenvalue weighted by Gasteiger charge is 2.40. The average Bonchev–Trinajstić information content (AvgIpc) is 3.17. The standard InChI is InChI=1S/C19H34N2O/c1-2-6-15(7-3-1)10-16-11-17-12-18(22-19(17)20-13-16)14-21-8-4-5-9-21/h15-20H,1-14H2. The van der Waals surface area contributed by atoms with Gasteiger partial charge in [0.1, 0.15) is 6.23 Å². The fraction of sp³-hybridized carbons (Fsp3) is 1.00. The Labute approximate surface area is 136 Å². The second-order valence-electron chi connectivity index (χ2n) is 8.43. The molecule has 4 unspecified atom stereocenters. The summed E-state index contributed by atoms with van der Waals surface area (Å²) in [6.45, 7) is 4.98. The van der Waals surface area contributed by atoms with Crippen molar-refractivity contribution in [1.29, 1.82) is 0 Å². The van der Waals surface area contributed by atoms with Gasteiger partial charge in [0.2, 0.25) is 0 Å². The van der Waals surface area contributed by atoms with Crippen LogP contribution in [0.1, 0.15) is 64.2 Å². The lowest BCUT2D eigenvalue weighted by Crippen LogP contribution is -2.44. The van der Waals surface area contributed by atoms with E-state index in [-0.39, 0.29) is 0 Å². The summed E-state index contributed by atoms with van der Waals surface area (Å²) in [4.78, 5) is 2.61. The first kappa shape index (κ1) is 15.4. The highest BCUT2D eigenvalue weighted by Crippen LogP contribution is 2.38. The van der Waals surface area contributed by atoms with Crippen molar-refractivity contribution in [3.63, 3.8) is 0 Å². The lowest BCUT2D eigenvalue weighted by atomic mass is 9.78. The highest BCUT2D eigenvalue weighted by atomic mass is 16.5. The van der Waals surface area contributed by atoms with Gasteiger partial charge < -0.3 is 9.64 Å². The molecule has 3 heterocycles. The van der Waals surface area contributed by atoms with Crippen LogP contribution in [0, 0.1) is 17.8 Å². The summed E-state index contributed by atoms with van der Waals surface area (Å²) in [6.07, 6.45) is 15.3. The molecular formula is C19H34N2O. The van der Waals surface area contributed by atoms with Crippen molar-refractivity contribution < 1.29 is 4.74 Å². The molecule has 1 saturated carbocycles. The molecule has 0 radical (unpaired) electrons. The van der Waals surface area contributed by atoms with E-state index < -0.39 is 0 Å². The molecule has 22 heavy (non-hydrogen) atoms. The predicted molar refractivity (Wildman–Crippen MR) is 89.7 cm³/mol. The first-order valence-electron chi connectivity index (χ1n) is 9.98. The van der Waals surface area contributed by atoms with E-state index in [2.05, 4.69) is 10.2 Å². The Morgan fingerprint density at radius 3 is 2.55 bits per heavy atom. The highest BCUT2D eigenvalue weighted by molar-refractivity contribution is 4.90. The van der Waals surface area contributed by atoms with Crippen LogP contribution in [0.25, 0.3) is 0 Å². The molecule has 4 atom stereocenters. The Balaban J connectivity index is 1.24. The zero-order valence-electron chi connectivity index (χ0n) is 14.1. The number of rotatable bonds is 4. The van der Waals surface area contributed by atoms with Gasteiger partial charge in [-0.25, -0.2) is 0 Å². The quantitative estimate of drug-likeness (QED) is 0.861. The van der Waals surface area contributed by atoms with Crippen molar-refractivity contribution in [3.8, 4) is 0 Å². The van der Waals surface area contributed by atoms with Crippen LogP contribution in [0.15, 0.2) is 0 Å². The number of hydrogen-bond donors (Lipinski definition) is 1. The lowest BCUT2D eigenvalue weighted by molar-refractivity contribution is -0.0161. The summed E-state index contributed by atoms with van der Waals surface area (Å²) in [5.41, 5.74) is 0. The van der Waals surface area contributed by atoms with Gasteiger partial charge in [0.25, 0.3) is 0 Å². The molecule has 0 aromatic carbocycles. The van der Waals surface area contributed by atoms with Crippen molar-refractivity contribution in [1.82, 2.24) is 10.2 Å². The van der Waals surface area contributed by atoms with E-state index in [0.29, 0.717) is 12.3 Å². The zero-order valence-corrected chi connectivity index (χ0v) is 14.1. The van der Waals surface area contributed by atoms with E-state index in [1.54, 1.807) is 0 Å². The van der Waals surface area contributed by atoms with Crippen LogP contribution < -0.4 is 5.32 Å². The molecule has 3 heteroatoms. The maximum absolute atomic E-state index is 6.31. The van der Waals surface area contributed by atoms with Crippen molar-refractivity contribution in [2.75, 3.05) is 26.2 Å². The molecule has 0 bridgehead atoms. The van der Waals surface area contributed by atoms with E-state index in [0.717, 1.165) is 17.8 Å². The largest absolute Gasteiger partial charge is 0.359 e. The Hall–Kier alpha value is -0.120. The lowest BCUT2D eigenvalue weighted by Gasteiger charge is -2.34. The molecule has 4 aliphatic rings. The minimum atomic E-state index is 0.371. The van der Waals surface area contributed by atoms with Crippen molar-refractivity contribution >= 4 is 0 Å². The fourth-order valence-electron chi connectivity index (χ4n) is 5.51. The molecule has 3 nitrogen and oxygen atoms in total. The monoisotopic (exact) mass is 306 g/mol. The molecule has 3 aliphatic heterocycles. The van der Waals surface area contributed by atoms with Gasteiger partial charge in [0.15, 0.2) is 0 Å². The number of fused-ring (bicyclic) bond motifs is 1. The van der Waals surface area contributed by atoms with Crippen LogP contribution in [-0.4, -0.2) is 43.4 Å². The summed E-state index contributed by atoms with van der Waals surface area (Å²) in [7, 11) is 0. The normalized spacial score (nSPS) is 40.9. The number of likely N-dealkylation sites (tertiary alicyclic amines) is 1. The Morgan fingerprint density at radius 1 is 0.909 bits per heavy atom. The molecule has 4 rings (SSSR count). The molecule has 0 amide bonds. The van der Waals surface area contributed by atoms with Gasteiger partial charge in [-0.1, -0.05) is 32.1 Å². The fourth-order valence-corrected chi connectivity index (χ4v) is 5.51. The maximum atomic E-state index is 6.31. The van der Waals surface area contributed by atoms with Gasteiger partial charge in [-0.15, -0.1) is 0 Å². The minimum absolute atomic E-state index is 0.371. The van der Waals surface area contributed by atoms with Gasteiger partial charge in [-0.3, -0.25) is 5.32 Å². The summed E-state index contributed by atoms with van der Waals surface area (Å²) < 4.78 is 6.31. The number of hydrogen-bond acceptors (Lipinski definition) is 3. The smallest absolute Gasteiger partial charge is 0.111 e. The second-order valence-corrected chi connectivity index (χ2v) is 8.43. The molecule has 1 aliphatic carbocycles. The van der Waals surface area contributed by atoms with Crippen LogP contribution in [0.4, 0.5) is 0 Å². The van der Waals surface area contributed by atoms with Crippen LogP contribution in [0.3, 0.4) is 0 Å². The SMILES string of the molecule is C1CCC(CC2CNC3OC(CN4CCCC4)CC3C2)CC1. The van der Waals surface area contributed by atoms with Gasteiger partial charge >= 0.3 is 0 Å². The van der Waals surface area contributed by atoms with E-state index in [1.807, 2.05) is 0 Å². The van der Waals surface area contributed by atoms with Crippen molar-refractivity contribution in [2.24, 2.45) is 17.8 Å². The van der Waals surface area contributed by atoms with Gasteiger partial charge in [0.05, 0.1) is 6.10 Å². The van der Waals surface area contributed by atoms with E-state index in [1.165, 1.54) is 90.4 Å². The predicted octanol–water partition coefficient (Wildman–Crippen LogP) is 3.39. The summed E-state index contributed by atoms with van der Waals surface area (Å²) in [6, 6.07) is 0. The van der Waals surface area contributed by atoms with Crippen LogP contribution >= 0.6 is 0 Å². The Bertz CT molecular complexity index is 349. The summed E-state index contributed by atoms with van der Waals surface area (Å²) in [5.74, 6) is 2.73. The van der Waals surface area contributed by atoms with Gasteiger partial charge in [0, 0.05) is 19.0 Å². The molecule has 1 N–H and O–H groups in total. The number of nitrogens with zero attached hydrogens (tertiary/aromatic N) is 1. The van der Waals surface area contributed by atoms with Crippen LogP contribution in [0.2, 0.25) is 0 Å². The Kier molecular flexibility index (Phi) is 5.04. The number of nitrogens with one attached hydrogen (secondary N) is 1. The minimum Gasteiger partial charge on any atom is -0.359 e. The van der Waals surface area contributed by atoms with Crippen molar-refractivity contribution in [3.05, 3.63) is 0 Å². The zero-order chi connectivity index (χ0) is 14.8. The maximum Gasteiger partial charge on any atom is 0.111 e. The summed E-state index contributed by atoms with van der Waals surface area (Å²) >= 11 is 0. The molecule has 0 spiro atoms. The molecular weight excluding hydrogens is 272 g/mol. The first-order valence-corrected chi connectivity index (χ1v) is 9.98. The van der Waals surface area contributed by atoms with E-state index in [4.69, 9.17) is 4.74 Å². The first-order chi connectivity index (χ1) is 10.9. The molecule has 0 aromatic rings. The third kappa shape index (κ3) is 3.68. The van der Waals surface area contributed by atoms with Gasteiger partial charge in [-0.2, -0.15) is 0 Å². The van der Waals surface area contributed by atoms with Crippen LogP contribution in [0.5, 0.6) is 0 Å². The molecule has 3 saturated heterocycles. The average molecular weight is 306 g/mol. The van der Waals surface area contributed by atoms with E-state index in [9.17, 15) is 0 Å². The third-order valence-electron chi connectivity index (χ3n) is 6.63. The molecule has 0 aromatic heterocycles. The summed E-state index contributed by atoms with van der Waals surface area (Å²) in [5, 5.41) is 3.73. The Morgan fingerprint density at radius 2 is 1.73 bits per heavy atom.